The van der Waals surface area contributed by atoms with Crippen LogP contribution in [-0.2, 0) is 21.1 Å². The van der Waals surface area contributed by atoms with Gasteiger partial charge in [0.05, 0.1) is 5.69 Å². The molecule has 0 fully saturated rings. The summed E-state index contributed by atoms with van der Waals surface area (Å²) in [4.78, 5) is 4.75. The third-order valence-electron chi connectivity index (χ3n) is 8.76. The van der Waals surface area contributed by atoms with Crippen LogP contribution >= 0.6 is 0 Å². The topological polar surface area (TPSA) is 44.9 Å². The van der Waals surface area contributed by atoms with Gasteiger partial charge in [-0.05, 0) is 79.1 Å². The van der Waals surface area contributed by atoms with Crippen LogP contribution in [0.2, 0.25) is 0 Å². The predicted octanol–water partition coefficient (Wildman–Crippen LogP) is 10.2. The summed E-state index contributed by atoms with van der Waals surface area (Å²) in [5, 5.41) is 7.21. The van der Waals surface area contributed by atoms with Crippen molar-refractivity contribution in [3.05, 3.63) is 131 Å². The number of aromatic nitrogens is 4. The molecule has 3 aromatic heterocycles. The van der Waals surface area contributed by atoms with E-state index in [4.69, 9.17) is 14.8 Å². The van der Waals surface area contributed by atoms with E-state index in [1.165, 1.54) is 10.9 Å². The van der Waals surface area contributed by atoms with Gasteiger partial charge in [0.2, 0.25) is 0 Å². The fourth-order valence-corrected chi connectivity index (χ4v) is 6.27. The number of benzene rings is 4. The molecule has 4 aromatic carbocycles. The fourth-order valence-electron chi connectivity index (χ4n) is 6.27. The normalized spacial score (nSPS) is 12.0. The summed E-state index contributed by atoms with van der Waals surface area (Å²) in [5.41, 5.74) is 10.8. The summed E-state index contributed by atoms with van der Waals surface area (Å²) in [6.45, 7) is 12.8. The summed E-state index contributed by atoms with van der Waals surface area (Å²) < 4.78 is 10.6. The quantitative estimate of drug-likeness (QED) is 0.151. The van der Waals surface area contributed by atoms with Gasteiger partial charge >= 0.3 is 21.1 Å². The maximum atomic E-state index is 6.49. The molecule has 0 aliphatic heterocycles. The van der Waals surface area contributed by atoms with Crippen LogP contribution in [0.3, 0.4) is 0 Å². The molecule has 0 saturated heterocycles. The second kappa shape index (κ2) is 12.7. The SMILES string of the molecule is CCC(C)c1ccc2c(c1)c1ccc(Oc3[c-]c(-n4nc(C)c(-c5ccccc5)c4C)cc(C)c3)[c-]c1n2-c1cc(C)ccn1.[Pt+2]. The maximum absolute atomic E-state index is 6.49. The molecule has 5 nitrogen and oxygen atoms in total. The van der Waals surface area contributed by atoms with Crippen molar-refractivity contribution in [3.63, 3.8) is 0 Å². The Morgan fingerprint density at radius 2 is 1.61 bits per heavy atom. The summed E-state index contributed by atoms with van der Waals surface area (Å²) in [6, 6.07) is 36.6. The molecule has 0 bridgehead atoms. The average Bonchev–Trinajstić information content (AvgIpc) is 3.52. The van der Waals surface area contributed by atoms with E-state index in [0.717, 1.165) is 68.0 Å². The largest absolute Gasteiger partial charge is 2.00 e. The molecule has 0 aliphatic rings. The maximum Gasteiger partial charge on any atom is 2.00 e. The van der Waals surface area contributed by atoms with Crippen LogP contribution in [0.25, 0.3) is 44.4 Å². The number of hydrogen-bond acceptors (Lipinski definition) is 3. The molecule has 0 amide bonds. The van der Waals surface area contributed by atoms with Crippen LogP contribution in [0.4, 0.5) is 0 Å². The van der Waals surface area contributed by atoms with E-state index >= 15 is 0 Å². The zero-order valence-corrected chi connectivity index (χ0v) is 29.2. The molecule has 0 spiro atoms. The number of pyridine rings is 1. The predicted molar refractivity (Wildman–Crippen MR) is 183 cm³/mol. The second-order valence-corrected chi connectivity index (χ2v) is 12.0. The Bertz CT molecular complexity index is 2200. The second-order valence-electron chi connectivity index (χ2n) is 12.0. The third-order valence-corrected chi connectivity index (χ3v) is 8.76. The number of aryl methyl sites for hydroxylation is 3. The summed E-state index contributed by atoms with van der Waals surface area (Å²) in [7, 11) is 0. The Morgan fingerprint density at radius 1 is 0.804 bits per heavy atom. The van der Waals surface area contributed by atoms with Gasteiger partial charge < -0.3 is 9.30 Å². The Hall–Kier alpha value is -4.47. The van der Waals surface area contributed by atoms with Crippen molar-refractivity contribution in [2.75, 3.05) is 0 Å². The zero-order chi connectivity index (χ0) is 31.2. The first-order chi connectivity index (χ1) is 21.8. The van der Waals surface area contributed by atoms with Gasteiger partial charge in [0, 0.05) is 34.5 Å². The van der Waals surface area contributed by atoms with Crippen LogP contribution in [0.15, 0.2) is 91.1 Å². The molecule has 1 unspecified atom stereocenters. The minimum Gasteiger partial charge on any atom is -0.509 e. The molecule has 0 aliphatic carbocycles. The summed E-state index contributed by atoms with van der Waals surface area (Å²) in [5.74, 6) is 2.58. The van der Waals surface area contributed by atoms with Crippen molar-refractivity contribution in [1.29, 1.82) is 0 Å². The number of nitrogens with zero attached hydrogens (tertiary/aromatic N) is 4. The van der Waals surface area contributed by atoms with Gasteiger partial charge in [0.15, 0.2) is 0 Å². The van der Waals surface area contributed by atoms with Gasteiger partial charge in [-0.15, -0.1) is 35.7 Å². The van der Waals surface area contributed by atoms with Gasteiger partial charge in [0.1, 0.15) is 5.82 Å². The van der Waals surface area contributed by atoms with Gasteiger partial charge in [-0.1, -0.05) is 68.8 Å². The molecule has 1 atom stereocenters. The zero-order valence-electron chi connectivity index (χ0n) is 27.0. The first-order valence-corrected chi connectivity index (χ1v) is 15.6. The Labute approximate surface area is 285 Å². The number of fused-ring (bicyclic) bond motifs is 3. The van der Waals surface area contributed by atoms with Crippen molar-refractivity contribution < 1.29 is 25.8 Å². The van der Waals surface area contributed by atoms with E-state index in [1.54, 1.807) is 0 Å². The molecule has 7 rings (SSSR count). The van der Waals surface area contributed by atoms with Crippen LogP contribution in [0.5, 0.6) is 11.5 Å². The van der Waals surface area contributed by atoms with Gasteiger partial charge in [-0.3, -0.25) is 4.68 Å². The molecule has 0 saturated carbocycles. The van der Waals surface area contributed by atoms with E-state index in [-0.39, 0.29) is 21.1 Å². The number of hydrogen-bond donors (Lipinski definition) is 0. The van der Waals surface area contributed by atoms with Crippen LogP contribution in [0, 0.1) is 39.8 Å². The third kappa shape index (κ3) is 5.69. The van der Waals surface area contributed by atoms with Crippen molar-refractivity contribution in [2.45, 2.75) is 53.9 Å². The standard InChI is InChI=1S/C40H36N4O.Pt/c1-7-27(4)31-13-16-37-36(22-31)35-15-14-33(24-38(35)43(37)39-21-25(2)17-18-41-39)45-34-20-26(3)19-32(23-34)44-29(6)40(28(5)42-44)30-11-9-8-10-12-30;/h8-22,27H,7H2,1-6H3;/q-2;+2. The Morgan fingerprint density at radius 3 is 2.37 bits per heavy atom. The van der Waals surface area contributed by atoms with Crippen molar-refractivity contribution >= 4 is 21.8 Å². The average molecular weight is 784 g/mol. The summed E-state index contributed by atoms with van der Waals surface area (Å²) >= 11 is 0. The number of ether oxygens (including phenoxy) is 1. The molecular weight excluding hydrogens is 748 g/mol. The minimum absolute atomic E-state index is 0. The van der Waals surface area contributed by atoms with Crippen LogP contribution in [-0.4, -0.2) is 19.3 Å². The molecule has 232 valence electrons. The molecule has 46 heavy (non-hydrogen) atoms. The van der Waals surface area contributed by atoms with Crippen LogP contribution in [0.1, 0.15) is 54.3 Å². The van der Waals surface area contributed by atoms with E-state index in [2.05, 4.69) is 119 Å². The Balaban J connectivity index is 0.00000372. The van der Waals surface area contributed by atoms with Crippen molar-refractivity contribution in [3.8, 4) is 34.1 Å². The smallest absolute Gasteiger partial charge is 0.509 e. The van der Waals surface area contributed by atoms with Crippen LogP contribution < -0.4 is 4.74 Å². The Kier molecular flexibility index (Phi) is 8.72. The molecule has 6 heteroatoms. The molecule has 0 N–H and O–H groups in total. The number of rotatable bonds is 7. The summed E-state index contributed by atoms with van der Waals surface area (Å²) in [6.07, 6.45) is 2.95. The van der Waals surface area contributed by atoms with E-state index < -0.39 is 0 Å². The van der Waals surface area contributed by atoms with Gasteiger partial charge in [0.25, 0.3) is 0 Å². The first kappa shape index (κ1) is 31.5. The van der Waals surface area contributed by atoms with Crippen molar-refractivity contribution in [1.82, 2.24) is 19.3 Å². The van der Waals surface area contributed by atoms with E-state index in [0.29, 0.717) is 17.4 Å². The monoisotopic (exact) mass is 783 g/mol. The van der Waals surface area contributed by atoms with Gasteiger partial charge in [-0.2, -0.15) is 16.7 Å². The van der Waals surface area contributed by atoms with E-state index in [9.17, 15) is 0 Å². The molecular formula is C40H36N4OPt. The van der Waals surface area contributed by atoms with Gasteiger partial charge in [-0.25, -0.2) is 4.98 Å². The minimum atomic E-state index is 0. The molecule has 3 heterocycles. The van der Waals surface area contributed by atoms with E-state index in [1.807, 2.05) is 35.1 Å². The molecule has 0 radical (unpaired) electrons. The first-order valence-electron chi connectivity index (χ1n) is 15.6. The molecule has 7 aromatic rings. The van der Waals surface area contributed by atoms with Crippen molar-refractivity contribution in [2.24, 2.45) is 0 Å². The fraction of sp³-hybridized carbons (Fsp3) is 0.200.